The van der Waals surface area contributed by atoms with Gasteiger partial charge in [-0.15, -0.1) is 11.8 Å². The number of aryl methyl sites for hydroxylation is 2. The topological polar surface area (TPSA) is 83.4 Å². The summed E-state index contributed by atoms with van der Waals surface area (Å²) < 4.78 is 0. The average molecular weight is 309 g/mol. The molecule has 1 saturated heterocycles. The average Bonchev–Trinajstić information content (AvgIpc) is 2.85. The smallest absolute Gasteiger partial charge is 0.327 e. The minimum atomic E-state index is -0.963. The zero-order valence-corrected chi connectivity index (χ0v) is 13.3. The fraction of sp³-hybridized carbons (Fsp3) is 0.571. The number of carbonyl (C=O) groups is 2. The molecule has 1 N–H and O–H groups in total. The van der Waals surface area contributed by atoms with Gasteiger partial charge in [0.05, 0.1) is 22.3 Å². The second-order valence-electron chi connectivity index (χ2n) is 5.52. The van der Waals surface area contributed by atoms with Gasteiger partial charge in [0.2, 0.25) is 0 Å². The van der Waals surface area contributed by atoms with Crippen LogP contribution in [0.2, 0.25) is 0 Å². The van der Waals surface area contributed by atoms with E-state index in [4.69, 9.17) is 0 Å². The molecule has 1 aliphatic heterocycles. The highest BCUT2D eigenvalue weighted by atomic mass is 32.2. The van der Waals surface area contributed by atoms with Gasteiger partial charge in [-0.25, -0.2) is 4.79 Å². The van der Waals surface area contributed by atoms with Crippen molar-refractivity contribution in [3.63, 3.8) is 0 Å². The summed E-state index contributed by atoms with van der Waals surface area (Å²) in [5.74, 6) is -0.642. The Morgan fingerprint density at radius 2 is 2.05 bits per heavy atom. The van der Waals surface area contributed by atoms with Crippen molar-refractivity contribution in [2.75, 3.05) is 5.75 Å². The lowest BCUT2D eigenvalue weighted by atomic mass is 10.1. The highest BCUT2D eigenvalue weighted by molar-refractivity contribution is 8.00. The molecule has 21 heavy (non-hydrogen) atoms. The minimum Gasteiger partial charge on any atom is -0.480 e. The van der Waals surface area contributed by atoms with Crippen molar-refractivity contribution >= 4 is 23.6 Å². The maximum absolute atomic E-state index is 12.8. The monoisotopic (exact) mass is 309 g/mol. The standard InChI is InChI=1S/C14H19N3O3S/c1-7(2)13-17(11(6-21-13)14(19)20)12(18)10-5-8(3)15-16-9(10)4/h5,7,11,13H,6H2,1-4H3,(H,19,20). The first kappa shape index (κ1) is 15.8. The van der Waals surface area contributed by atoms with Crippen LogP contribution in [-0.4, -0.2) is 49.2 Å². The number of hydrogen-bond acceptors (Lipinski definition) is 5. The second-order valence-corrected chi connectivity index (χ2v) is 6.67. The molecule has 1 amide bonds. The van der Waals surface area contributed by atoms with Crippen molar-refractivity contribution in [1.29, 1.82) is 0 Å². The lowest BCUT2D eigenvalue weighted by Gasteiger charge is -2.30. The summed E-state index contributed by atoms with van der Waals surface area (Å²) in [6, 6.07) is 0.881. The lowest BCUT2D eigenvalue weighted by molar-refractivity contribution is -0.141. The van der Waals surface area contributed by atoms with Gasteiger partial charge in [-0.3, -0.25) is 4.79 Å². The molecule has 0 bridgehead atoms. The Morgan fingerprint density at radius 1 is 1.38 bits per heavy atom. The molecule has 2 heterocycles. The molecule has 7 heteroatoms. The molecule has 6 nitrogen and oxygen atoms in total. The van der Waals surface area contributed by atoms with E-state index in [1.165, 1.54) is 16.7 Å². The molecular formula is C14H19N3O3S. The number of thioether (sulfide) groups is 1. The number of nitrogens with zero attached hydrogens (tertiary/aromatic N) is 3. The zero-order chi connectivity index (χ0) is 15.7. The van der Waals surface area contributed by atoms with Crippen LogP contribution in [0.25, 0.3) is 0 Å². The first-order valence-electron chi connectivity index (χ1n) is 6.81. The van der Waals surface area contributed by atoms with E-state index in [0.29, 0.717) is 22.7 Å². The van der Waals surface area contributed by atoms with Crippen LogP contribution >= 0.6 is 11.8 Å². The summed E-state index contributed by atoms with van der Waals surface area (Å²) in [4.78, 5) is 25.8. The zero-order valence-electron chi connectivity index (χ0n) is 12.5. The van der Waals surface area contributed by atoms with Gasteiger partial charge in [0.1, 0.15) is 6.04 Å². The van der Waals surface area contributed by atoms with E-state index in [-0.39, 0.29) is 17.2 Å². The van der Waals surface area contributed by atoms with Gasteiger partial charge >= 0.3 is 5.97 Å². The van der Waals surface area contributed by atoms with Gasteiger partial charge in [-0.05, 0) is 25.8 Å². The normalized spacial score (nSPS) is 21.9. The van der Waals surface area contributed by atoms with Gasteiger partial charge in [-0.2, -0.15) is 10.2 Å². The summed E-state index contributed by atoms with van der Waals surface area (Å²) in [6.07, 6.45) is 0. The molecule has 1 fully saturated rings. The minimum absolute atomic E-state index is 0.133. The van der Waals surface area contributed by atoms with E-state index in [1.807, 2.05) is 13.8 Å². The van der Waals surface area contributed by atoms with Crippen LogP contribution in [0, 0.1) is 19.8 Å². The Labute approximate surface area is 127 Å². The number of aliphatic carboxylic acids is 1. The van der Waals surface area contributed by atoms with Crippen LogP contribution in [0.15, 0.2) is 6.07 Å². The number of aromatic nitrogens is 2. The van der Waals surface area contributed by atoms with Crippen molar-refractivity contribution in [2.45, 2.75) is 39.1 Å². The van der Waals surface area contributed by atoms with Crippen molar-refractivity contribution in [2.24, 2.45) is 5.92 Å². The maximum Gasteiger partial charge on any atom is 0.327 e. The van der Waals surface area contributed by atoms with Gasteiger partial charge in [0, 0.05) is 5.75 Å². The SMILES string of the molecule is Cc1cc(C(=O)N2C(C(=O)O)CSC2C(C)C)c(C)nn1. The third-order valence-corrected chi connectivity index (χ3v) is 5.08. The summed E-state index contributed by atoms with van der Waals surface area (Å²) in [6.45, 7) is 7.45. The molecule has 1 aromatic rings. The molecule has 0 saturated carbocycles. The third kappa shape index (κ3) is 3.02. The van der Waals surface area contributed by atoms with Crippen LogP contribution < -0.4 is 0 Å². The number of carboxylic acids is 1. The molecule has 1 aromatic heterocycles. The summed E-state index contributed by atoms with van der Waals surface area (Å²) in [5, 5.41) is 17.1. The van der Waals surface area contributed by atoms with Crippen molar-refractivity contribution in [3.8, 4) is 0 Å². The van der Waals surface area contributed by atoms with Crippen LogP contribution in [0.5, 0.6) is 0 Å². The Morgan fingerprint density at radius 3 is 2.62 bits per heavy atom. The Balaban J connectivity index is 2.41. The largest absolute Gasteiger partial charge is 0.480 e. The van der Waals surface area contributed by atoms with Crippen molar-refractivity contribution < 1.29 is 14.7 Å². The fourth-order valence-corrected chi connectivity index (χ4v) is 3.87. The van der Waals surface area contributed by atoms with Crippen molar-refractivity contribution in [1.82, 2.24) is 15.1 Å². The molecule has 2 rings (SSSR count). The predicted molar refractivity (Wildman–Crippen MR) is 80.2 cm³/mol. The van der Waals surface area contributed by atoms with E-state index in [9.17, 15) is 14.7 Å². The van der Waals surface area contributed by atoms with Gasteiger partial charge in [0.25, 0.3) is 5.91 Å². The van der Waals surface area contributed by atoms with Crippen LogP contribution in [0.3, 0.4) is 0 Å². The molecule has 2 unspecified atom stereocenters. The molecule has 0 spiro atoms. The molecule has 0 aromatic carbocycles. The number of hydrogen-bond donors (Lipinski definition) is 1. The quantitative estimate of drug-likeness (QED) is 0.915. The van der Waals surface area contributed by atoms with Gasteiger partial charge in [0.15, 0.2) is 0 Å². The Bertz CT molecular complexity index is 577. The molecule has 2 atom stereocenters. The van der Waals surface area contributed by atoms with E-state index < -0.39 is 12.0 Å². The molecular weight excluding hydrogens is 290 g/mol. The predicted octanol–water partition coefficient (Wildman–Crippen LogP) is 1.72. The van der Waals surface area contributed by atoms with E-state index >= 15 is 0 Å². The third-order valence-electron chi connectivity index (χ3n) is 3.46. The van der Waals surface area contributed by atoms with E-state index in [2.05, 4.69) is 10.2 Å². The fourth-order valence-electron chi connectivity index (χ4n) is 2.39. The van der Waals surface area contributed by atoms with E-state index in [1.54, 1.807) is 19.9 Å². The molecule has 1 aliphatic rings. The van der Waals surface area contributed by atoms with Crippen LogP contribution in [0.4, 0.5) is 0 Å². The first-order valence-corrected chi connectivity index (χ1v) is 7.85. The Kier molecular flexibility index (Phi) is 4.51. The highest BCUT2D eigenvalue weighted by Crippen LogP contribution is 2.35. The number of carboxylic acid groups (broad SMARTS) is 1. The summed E-state index contributed by atoms with van der Waals surface area (Å²) in [5.41, 5.74) is 1.60. The number of amides is 1. The lowest BCUT2D eigenvalue weighted by Crippen LogP contribution is -2.47. The first-order chi connectivity index (χ1) is 9.82. The molecule has 0 radical (unpaired) electrons. The van der Waals surface area contributed by atoms with Crippen LogP contribution in [-0.2, 0) is 4.79 Å². The molecule has 0 aliphatic carbocycles. The summed E-state index contributed by atoms with van der Waals surface area (Å²) in [7, 11) is 0. The van der Waals surface area contributed by atoms with E-state index in [0.717, 1.165) is 0 Å². The Hall–Kier alpha value is -1.63. The van der Waals surface area contributed by atoms with Crippen molar-refractivity contribution in [3.05, 3.63) is 23.0 Å². The van der Waals surface area contributed by atoms with Crippen LogP contribution in [0.1, 0.15) is 35.6 Å². The van der Waals surface area contributed by atoms with Gasteiger partial charge in [-0.1, -0.05) is 13.8 Å². The maximum atomic E-state index is 12.8. The highest BCUT2D eigenvalue weighted by Gasteiger charge is 2.43. The number of rotatable bonds is 3. The molecule has 114 valence electrons. The second kappa shape index (κ2) is 6.01. The number of carbonyl (C=O) groups excluding carboxylic acids is 1. The summed E-state index contributed by atoms with van der Waals surface area (Å²) >= 11 is 1.52. The van der Waals surface area contributed by atoms with Gasteiger partial charge < -0.3 is 10.0 Å².